The van der Waals surface area contributed by atoms with Gasteiger partial charge in [-0.05, 0) is 71.5 Å². The summed E-state index contributed by atoms with van der Waals surface area (Å²) < 4.78 is 0. The van der Waals surface area contributed by atoms with Gasteiger partial charge in [-0.1, -0.05) is 72.8 Å². The van der Waals surface area contributed by atoms with E-state index in [-0.39, 0.29) is 0 Å². The lowest BCUT2D eigenvalue weighted by Gasteiger charge is -2.09. The number of hydrogen-bond donors (Lipinski definition) is 0. The third-order valence-corrected chi connectivity index (χ3v) is 5.30. The quantitative estimate of drug-likeness (QED) is 0.276. The first-order valence-electron chi connectivity index (χ1n) is 10.3. The zero-order chi connectivity index (χ0) is 22.5. The summed E-state index contributed by atoms with van der Waals surface area (Å²) in [5, 5.41) is 0. The largest absolute Gasteiger partial charge is 0.386 e. The van der Waals surface area contributed by atoms with Gasteiger partial charge in [-0.2, -0.15) is 0 Å². The fourth-order valence-corrected chi connectivity index (χ4v) is 3.59. The third-order valence-electron chi connectivity index (χ3n) is 5.30. The molecule has 0 amide bonds. The van der Waals surface area contributed by atoms with E-state index < -0.39 is 11.9 Å². The van der Waals surface area contributed by atoms with Gasteiger partial charge in [0.25, 0.3) is 0 Å². The van der Waals surface area contributed by atoms with Gasteiger partial charge in [0.1, 0.15) is 0 Å². The van der Waals surface area contributed by atoms with E-state index >= 15 is 0 Å². The van der Waals surface area contributed by atoms with Gasteiger partial charge in [0, 0.05) is 0 Å². The molecule has 0 spiro atoms. The molecule has 0 radical (unpaired) electrons. The lowest BCUT2D eigenvalue weighted by Crippen LogP contribution is -2.12. The molecule has 0 heterocycles. The number of rotatable bonds is 4. The van der Waals surface area contributed by atoms with E-state index in [0.29, 0.717) is 11.1 Å². The van der Waals surface area contributed by atoms with Crippen molar-refractivity contribution < 1.29 is 19.4 Å². The van der Waals surface area contributed by atoms with Crippen LogP contribution >= 0.6 is 0 Å². The Labute approximate surface area is 187 Å². The Morgan fingerprint density at radius 1 is 0.531 bits per heavy atom. The van der Waals surface area contributed by atoms with E-state index in [2.05, 4.69) is 0 Å². The predicted molar refractivity (Wildman–Crippen MR) is 124 cm³/mol. The molecule has 0 aliphatic rings. The first-order valence-corrected chi connectivity index (χ1v) is 10.3. The molecule has 0 N–H and O–H groups in total. The van der Waals surface area contributed by atoms with Crippen LogP contribution in [-0.2, 0) is 9.78 Å². The zero-order valence-electron chi connectivity index (χ0n) is 17.9. The van der Waals surface area contributed by atoms with E-state index in [0.717, 1.165) is 33.4 Å². The summed E-state index contributed by atoms with van der Waals surface area (Å²) in [6, 6.07) is 29.9. The van der Waals surface area contributed by atoms with Gasteiger partial charge in [0.15, 0.2) is 0 Å². The maximum absolute atomic E-state index is 12.5. The van der Waals surface area contributed by atoms with Crippen molar-refractivity contribution in [3.63, 3.8) is 0 Å². The second-order valence-corrected chi connectivity index (χ2v) is 7.53. The van der Waals surface area contributed by atoms with Crippen molar-refractivity contribution in [1.82, 2.24) is 0 Å². The minimum atomic E-state index is -0.733. The van der Waals surface area contributed by atoms with Crippen molar-refractivity contribution in [2.45, 2.75) is 13.8 Å². The van der Waals surface area contributed by atoms with Crippen LogP contribution in [0.1, 0.15) is 31.8 Å². The smallest absolute Gasteiger partial charge is 0.242 e. The molecule has 0 aliphatic carbocycles. The normalized spacial score (nSPS) is 10.4. The molecule has 0 fully saturated rings. The molecular formula is C28H22O4. The highest BCUT2D eigenvalue weighted by Gasteiger charge is 2.16. The summed E-state index contributed by atoms with van der Waals surface area (Å²) in [7, 11) is 0. The average molecular weight is 422 g/mol. The molecule has 0 unspecified atom stereocenters. The van der Waals surface area contributed by atoms with E-state index in [1.54, 1.807) is 36.4 Å². The fraction of sp³-hybridized carbons (Fsp3) is 0.0714. The van der Waals surface area contributed by atoms with Crippen molar-refractivity contribution in [2.24, 2.45) is 0 Å². The average Bonchev–Trinajstić information content (AvgIpc) is 2.83. The second kappa shape index (κ2) is 9.31. The van der Waals surface area contributed by atoms with Crippen LogP contribution in [0.4, 0.5) is 0 Å². The maximum atomic E-state index is 12.5. The molecule has 0 atom stereocenters. The van der Waals surface area contributed by atoms with Crippen molar-refractivity contribution in [3.05, 3.63) is 119 Å². The van der Waals surface area contributed by atoms with Crippen LogP contribution in [-0.4, -0.2) is 11.9 Å². The van der Waals surface area contributed by atoms with Crippen LogP contribution in [0, 0.1) is 13.8 Å². The Hall–Kier alpha value is -4.18. The van der Waals surface area contributed by atoms with Gasteiger partial charge < -0.3 is 0 Å². The SMILES string of the molecule is Cc1ccccc1-c1cccc(C(=O)OOC(=O)c2cccc(-c3ccccc3C)c2)c1. The molecule has 0 saturated heterocycles. The number of carbonyl (C=O) groups is 2. The van der Waals surface area contributed by atoms with Gasteiger partial charge in [0.05, 0.1) is 11.1 Å². The highest BCUT2D eigenvalue weighted by Crippen LogP contribution is 2.25. The molecule has 0 saturated carbocycles. The molecule has 4 nitrogen and oxygen atoms in total. The minimum Gasteiger partial charge on any atom is -0.242 e. The van der Waals surface area contributed by atoms with Crippen LogP contribution in [0.25, 0.3) is 22.3 Å². The van der Waals surface area contributed by atoms with Crippen LogP contribution in [0.2, 0.25) is 0 Å². The molecule has 32 heavy (non-hydrogen) atoms. The highest BCUT2D eigenvalue weighted by atomic mass is 17.2. The number of carbonyl (C=O) groups excluding carboxylic acids is 2. The Morgan fingerprint density at radius 2 is 0.938 bits per heavy atom. The van der Waals surface area contributed by atoms with Crippen molar-refractivity contribution in [2.75, 3.05) is 0 Å². The first kappa shape index (κ1) is 21.1. The summed E-state index contributed by atoms with van der Waals surface area (Å²) in [6.45, 7) is 4.01. The third kappa shape index (κ3) is 4.60. The molecule has 4 aromatic carbocycles. The van der Waals surface area contributed by atoms with Crippen LogP contribution in [0.15, 0.2) is 97.1 Å². The fourth-order valence-electron chi connectivity index (χ4n) is 3.59. The van der Waals surface area contributed by atoms with Crippen LogP contribution in [0.3, 0.4) is 0 Å². The van der Waals surface area contributed by atoms with Crippen molar-refractivity contribution >= 4 is 11.9 Å². The van der Waals surface area contributed by atoms with Crippen molar-refractivity contribution in [1.29, 1.82) is 0 Å². The molecule has 0 aromatic heterocycles. The Kier molecular flexibility index (Phi) is 6.13. The molecule has 0 aliphatic heterocycles. The Bertz CT molecular complexity index is 1190. The summed E-state index contributed by atoms with van der Waals surface area (Å²) in [4.78, 5) is 34.7. The predicted octanol–water partition coefficient (Wildman–Crippen LogP) is 6.57. The number of aryl methyl sites for hydroxylation is 2. The van der Waals surface area contributed by atoms with Crippen LogP contribution in [0.5, 0.6) is 0 Å². The van der Waals surface area contributed by atoms with E-state index in [4.69, 9.17) is 9.78 Å². The molecule has 4 heteroatoms. The molecular weight excluding hydrogens is 400 g/mol. The molecule has 158 valence electrons. The first-order chi connectivity index (χ1) is 15.5. The Balaban J connectivity index is 1.47. The number of benzene rings is 4. The van der Waals surface area contributed by atoms with Crippen molar-refractivity contribution in [3.8, 4) is 22.3 Å². The van der Waals surface area contributed by atoms with Gasteiger partial charge >= 0.3 is 11.9 Å². The summed E-state index contributed by atoms with van der Waals surface area (Å²) in [6.07, 6.45) is 0. The summed E-state index contributed by atoms with van der Waals surface area (Å²) >= 11 is 0. The van der Waals surface area contributed by atoms with E-state index in [1.807, 2.05) is 74.5 Å². The maximum Gasteiger partial charge on any atom is 0.386 e. The lowest BCUT2D eigenvalue weighted by atomic mass is 9.99. The second-order valence-electron chi connectivity index (χ2n) is 7.53. The van der Waals surface area contributed by atoms with E-state index in [1.165, 1.54) is 0 Å². The minimum absolute atomic E-state index is 0.298. The standard InChI is InChI=1S/C28H22O4/c1-19-9-3-5-15-25(19)21-11-7-13-23(17-21)27(29)31-32-28(30)24-14-8-12-22(18-24)26-16-6-4-10-20(26)2/h3-18H,1-2H3. The zero-order valence-corrected chi connectivity index (χ0v) is 17.9. The topological polar surface area (TPSA) is 52.6 Å². The highest BCUT2D eigenvalue weighted by molar-refractivity contribution is 5.94. The molecule has 4 rings (SSSR count). The van der Waals surface area contributed by atoms with Gasteiger partial charge in [-0.25, -0.2) is 19.4 Å². The molecule has 4 aromatic rings. The van der Waals surface area contributed by atoms with Gasteiger partial charge in [-0.3, -0.25) is 0 Å². The lowest BCUT2D eigenvalue weighted by molar-refractivity contribution is -0.187. The Morgan fingerprint density at radius 3 is 1.34 bits per heavy atom. The van der Waals surface area contributed by atoms with Crippen LogP contribution < -0.4 is 0 Å². The van der Waals surface area contributed by atoms with E-state index in [9.17, 15) is 9.59 Å². The monoisotopic (exact) mass is 422 g/mol. The molecule has 0 bridgehead atoms. The summed E-state index contributed by atoms with van der Waals surface area (Å²) in [5.41, 5.74) is 6.60. The number of hydrogen-bond acceptors (Lipinski definition) is 4. The van der Waals surface area contributed by atoms with Gasteiger partial charge in [-0.15, -0.1) is 0 Å². The summed E-state index contributed by atoms with van der Waals surface area (Å²) in [5.74, 6) is -1.47. The van der Waals surface area contributed by atoms with Gasteiger partial charge in [0.2, 0.25) is 0 Å².